The van der Waals surface area contributed by atoms with Crippen molar-refractivity contribution in [2.24, 2.45) is 0 Å². The second kappa shape index (κ2) is 11.7. The fourth-order valence-electron chi connectivity index (χ4n) is 2.70. The molecule has 2 N–H and O–H groups in total. The molecule has 174 valence electrons. The lowest BCUT2D eigenvalue weighted by atomic mass is 9.99. The number of esters is 1. The van der Waals surface area contributed by atoms with Crippen molar-refractivity contribution in [1.29, 1.82) is 5.26 Å². The Bertz CT molecular complexity index is 901. The second-order valence-electron chi connectivity index (χ2n) is 8.08. The van der Waals surface area contributed by atoms with Gasteiger partial charge in [0, 0.05) is 0 Å². The zero-order valence-electron chi connectivity index (χ0n) is 19.3. The number of amides is 3. The van der Waals surface area contributed by atoms with Crippen molar-refractivity contribution in [2.45, 2.75) is 46.3 Å². The standard InChI is InChI=1S/C22H30N4O6/c1-14-7-8-16(11-15(14)2)19(20(29)24-13-18(28)31-6)26(10-9-23)17(27)12-25-21(30)32-22(3,4)5/h7-8,11,19H,10,12-13H2,1-6H3,(H,24,29)(H,25,30). The second-order valence-corrected chi connectivity index (χ2v) is 8.08. The van der Waals surface area contributed by atoms with Gasteiger partial charge in [-0.25, -0.2) is 4.79 Å². The summed E-state index contributed by atoms with van der Waals surface area (Å²) in [5.74, 6) is -2.00. The summed E-state index contributed by atoms with van der Waals surface area (Å²) in [5, 5.41) is 14.0. The molecule has 1 unspecified atom stereocenters. The first-order valence-corrected chi connectivity index (χ1v) is 9.94. The van der Waals surface area contributed by atoms with Crippen molar-refractivity contribution in [3.05, 3.63) is 34.9 Å². The summed E-state index contributed by atoms with van der Waals surface area (Å²) in [4.78, 5) is 50.3. The quantitative estimate of drug-likeness (QED) is 0.456. The number of carbonyl (C=O) groups is 4. The lowest BCUT2D eigenvalue weighted by Gasteiger charge is -2.30. The van der Waals surface area contributed by atoms with Gasteiger partial charge in [-0.05, 0) is 51.3 Å². The molecule has 0 bridgehead atoms. The smallest absolute Gasteiger partial charge is 0.408 e. The van der Waals surface area contributed by atoms with Crippen LogP contribution in [0.4, 0.5) is 4.79 Å². The summed E-state index contributed by atoms with van der Waals surface area (Å²) >= 11 is 0. The number of rotatable bonds is 8. The van der Waals surface area contributed by atoms with Crippen LogP contribution >= 0.6 is 0 Å². The Morgan fingerprint density at radius 3 is 2.28 bits per heavy atom. The van der Waals surface area contributed by atoms with E-state index >= 15 is 0 Å². The number of alkyl carbamates (subject to hydrolysis) is 1. The zero-order chi connectivity index (χ0) is 24.5. The average Bonchev–Trinajstić information content (AvgIpc) is 2.71. The molecule has 0 heterocycles. The van der Waals surface area contributed by atoms with Crippen LogP contribution in [0.5, 0.6) is 0 Å². The molecule has 0 spiro atoms. The number of hydrogen-bond donors (Lipinski definition) is 2. The van der Waals surface area contributed by atoms with Crippen molar-refractivity contribution in [3.8, 4) is 6.07 Å². The number of ether oxygens (including phenoxy) is 2. The maximum atomic E-state index is 13.0. The van der Waals surface area contributed by atoms with E-state index in [0.717, 1.165) is 16.0 Å². The van der Waals surface area contributed by atoms with E-state index in [-0.39, 0.29) is 0 Å². The van der Waals surface area contributed by atoms with Gasteiger partial charge in [-0.3, -0.25) is 14.4 Å². The first-order chi connectivity index (χ1) is 14.9. The molecule has 3 amide bonds. The topological polar surface area (TPSA) is 138 Å². The van der Waals surface area contributed by atoms with Crippen LogP contribution in [0.25, 0.3) is 0 Å². The number of nitriles is 1. The summed E-state index contributed by atoms with van der Waals surface area (Å²) in [6.07, 6.45) is -0.805. The number of aryl methyl sites for hydroxylation is 2. The van der Waals surface area contributed by atoms with Crippen molar-refractivity contribution < 1.29 is 28.7 Å². The number of methoxy groups -OCH3 is 1. The molecule has 0 aromatic heterocycles. The van der Waals surface area contributed by atoms with Crippen LogP contribution in [-0.4, -0.2) is 61.1 Å². The molecule has 1 rings (SSSR count). The number of hydrogen-bond acceptors (Lipinski definition) is 7. The SMILES string of the molecule is COC(=O)CNC(=O)C(c1ccc(C)c(C)c1)N(CC#N)C(=O)CNC(=O)OC(C)(C)C. The van der Waals surface area contributed by atoms with E-state index in [9.17, 15) is 24.4 Å². The third kappa shape index (κ3) is 8.26. The molecule has 0 aliphatic rings. The highest BCUT2D eigenvalue weighted by molar-refractivity contribution is 5.92. The van der Waals surface area contributed by atoms with Gasteiger partial charge in [0.2, 0.25) is 11.8 Å². The van der Waals surface area contributed by atoms with Crippen LogP contribution in [0.3, 0.4) is 0 Å². The van der Waals surface area contributed by atoms with Gasteiger partial charge in [0.1, 0.15) is 31.3 Å². The maximum absolute atomic E-state index is 13.0. The number of carbonyl (C=O) groups excluding carboxylic acids is 4. The van der Waals surface area contributed by atoms with Crippen LogP contribution in [0.1, 0.15) is 43.5 Å². The zero-order valence-corrected chi connectivity index (χ0v) is 19.3. The Morgan fingerprint density at radius 2 is 1.75 bits per heavy atom. The van der Waals surface area contributed by atoms with E-state index < -0.39 is 55.2 Å². The summed E-state index contributed by atoms with van der Waals surface area (Å²) in [6, 6.07) is 5.86. The molecule has 0 saturated carbocycles. The fourth-order valence-corrected chi connectivity index (χ4v) is 2.70. The summed E-state index contributed by atoms with van der Waals surface area (Å²) in [5.41, 5.74) is 1.56. The Balaban J connectivity index is 3.19. The predicted octanol–water partition coefficient (Wildman–Crippen LogP) is 1.51. The minimum Gasteiger partial charge on any atom is -0.468 e. The van der Waals surface area contributed by atoms with Crippen molar-refractivity contribution in [2.75, 3.05) is 26.7 Å². The highest BCUT2D eigenvalue weighted by Crippen LogP contribution is 2.24. The van der Waals surface area contributed by atoms with Gasteiger partial charge in [-0.2, -0.15) is 5.26 Å². The first kappa shape index (κ1) is 26.4. The van der Waals surface area contributed by atoms with Gasteiger partial charge in [0.25, 0.3) is 0 Å². The van der Waals surface area contributed by atoms with E-state index in [0.29, 0.717) is 5.56 Å². The van der Waals surface area contributed by atoms with E-state index in [1.165, 1.54) is 7.11 Å². The molecule has 32 heavy (non-hydrogen) atoms. The molecule has 0 saturated heterocycles. The Morgan fingerprint density at radius 1 is 1.09 bits per heavy atom. The number of nitrogens with zero attached hydrogens (tertiary/aromatic N) is 2. The van der Waals surface area contributed by atoms with Crippen LogP contribution in [0.15, 0.2) is 18.2 Å². The molecule has 10 heteroatoms. The highest BCUT2D eigenvalue weighted by Gasteiger charge is 2.32. The third-order valence-corrected chi connectivity index (χ3v) is 4.39. The lowest BCUT2D eigenvalue weighted by molar-refractivity contribution is -0.143. The molecule has 1 aromatic rings. The molecular weight excluding hydrogens is 416 g/mol. The molecule has 0 radical (unpaired) electrons. The van der Waals surface area contributed by atoms with Crippen molar-refractivity contribution in [1.82, 2.24) is 15.5 Å². The largest absolute Gasteiger partial charge is 0.468 e. The molecule has 0 fully saturated rings. The van der Waals surface area contributed by atoms with E-state index in [1.807, 2.05) is 19.9 Å². The van der Waals surface area contributed by atoms with Gasteiger partial charge >= 0.3 is 12.1 Å². The van der Waals surface area contributed by atoms with Crippen molar-refractivity contribution in [3.63, 3.8) is 0 Å². The first-order valence-electron chi connectivity index (χ1n) is 9.94. The summed E-state index contributed by atoms with van der Waals surface area (Å²) in [6.45, 7) is 7.48. The van der Waals surface area contributed by atoms with Gasteiger partial charge in [-0.1, -0.05) is 18.2 Å². The minimum atomic E-state index is -1.20. The molecule has 1 atom stereocenters. The predicted molar refractivity (Wildman–Crippen MR) is 115 cm³/mol. The Labute approximate surface area is 187 Å². The summed E-state index contributed by atoms with van der Waals surface area (Å²) < 4.78 is 9.64. The number of benzene rings is 1. The van der Waals surface area contributed by atoms with Gasteiger partial charge in [0.15, 0.2) is 0 Å². The fraction of sp³-hybridized carbons (Fsp3) is 0.500. The molecule has 10 nitrogen and oxygen atoms in total. The van der Waals surface area contributed by atoms with Crippen LogP contribution in [0.2, 0.25) is 0 Å². The minimum absolute atomic E-state index is 0.401. The number of nitrogens with one attached hydrogen (secondary N) is 2. The van der Waals surface area contributed by atoms with E-state index in [2.05, 4.69) is 15.4 Å². The van der Waals surface area contributed by atoms with Gasteiger partial charge in [-0.15, -0.1) is 0 Å². The van der Waals surface area contributed by atoms with Crippen LogP contribution < -0.4 is 10.6 Å². The lowest BCUT2D eigenvalue weighted by Crippen LogP contribution is -2.48. The highest BCUT2D eigenvalue weighted by atomic mass is 16.6. The molecule has 0 aliphatic carbocycles. The molecular formula is C22H30N4O6. The molecule has 1 aromatic carbocycles. The van der Waals surface area contributed by atoms with Gasteiger partial charge < -0.3 is 25.0 Å². The van der Waals surface area contributed by atoms with Crippen LogP contribution in [-0.2, 0) is 23.9 Å². The maximum Gasteiger partial charge on any atom is 0.408 e. The monoisotopic (exact) mass is 446 g/mol. The third-order valence-electron chi connectivity index (χ3n) is 4.39. The Kier molecular flexibility index (Phi) is 9.66. The van der Waals surface area contributed by atoms with Gasteiger partial charge in [0.05, 0.1) is 13.2 Å². The normalized spacial score (nSPS) is 11.5. The summed E-state index contributed by atoms with van der Waals surface area (Å²) in [7, 11) is 1.18. The van der Waals surface area contributed by atoms with Crippen LogP contribution in [0, 0.1) is 25.2 Å². The van der Waals surface area contributed by atoms with E-state index in [1.54, 1.807) is 39.0 Å². The Hall–Kier alpha value is -3.61. The average molecular weight is 447 g/mol. The van der Waals surface area contributed by atoms with Crippen molar-refractivity contribution >= 4 is 23.9 Å². The molecule has 0 aliphatic heterocycles. The van der Waals surface area contributed by atoms with E-state index in [4.69, 9.17) is 4.74 Å².